The first kappa shape index (κ1) is 24.8. The van der Waals surface area contributed by atoms with Crippen LogP contribution in [0.25, 0.3) is 81.8 Å². The van der Waals surface area contributed by atoms with E-state index in [4.69, 9.17) is 11.0 Å². The number of aromatic nitrogens is 2. The Morgan fingerprint density at radius 3 is 1.82 bits per heavy atom. The average Bonchev–Trinajstić information content (AvgIpc) is 3.73. The van der Waals surface area contributed by atoms with Crippen LogP contribution in [0.15, 0.2) is 120 Å². The molecule has 0 aliphatic rings. The molecule has 206 valence electrons. The average molecular weight is 574 g/mol. The summed E-state index contributed by atoms with van der Waals surface area (Å²) < 4.78 is 10.7. The van der Waals surface area contributed by atoms with Gasteiger partial charge in [0.2, 0.25) is 0 Å². The molecule has 3 aromatic heterocycles. The van der Waals surface area contributed by atoms with E-state index in [0.29, 0.717) is 16.8 Å². The third-order valence-electron chi connectivity index (χ3n) is 8.75. The highest BCUT2D eigenvalue weighted by molar-refractivity contribution is 6.17. The van der Waals surface area contributed by atoms with E-state index in [0.717, 1.165) is 76.9 Å². The summed E-state index contributed by atoms with van der Waals surface area (Å²) in [5, 5.41) is 25.2. The van der Waals surface area contributed by atoms with Crippen molar-refractivity contribution in [3.8, 4) is 23.5 Å². The zero-order valence-corrected chi connectivity index (χ0v) is 23.6. The largest absolute Gasteiger partial charge is 0.456 e. The van der Waals surface area contributed by atoms with E-state index < -0.39 is 0 Å². The molecule has 0 atom stereocenters. The fourth-order valence-corrected chi connectivity index (χ4v) is 6.79. The van der Waals surface area contributed by atoms with Crippen LogP contribution in [-0.4, -0.2) is 9.13 Å². The summed E-state index contributed by atoms with van der Waals surface area (Å²) in [6.07, 6.45) is 0. The van der Waals surface area contributed by atoms with E-state index >= 15 is 0 Å². The first-order valence-electron chi connectivity index (χ1n) is 14.4. The van der Waals surface area contributed by atoms with E-state index in [1.807, 2.05) is 48.5 Å². The molecule has 6 heteroatoms. The van der Waals surface area contributed by atoms with Crippen LogP contribution in [0.2, 0.25) is 0 Å². The Hall–Kier alpha value is -6.81. The van der Waals surface area contributed by atoms with Crippen LogP contribution in [0, 0.1) is 29.2 Å². The van der Waals surface area contributed by atoms with Crippen molar-refractivity contribution in [3.63, 3.8) is 0 Å². The molecule has 0 radical (unpaired) electrons. The number of fused-ring (bicyclic) bond motifs is 9. The van der Waals surface area contributed by atoms with Gasteiger partial charge in [-0.15, -0.1) is 0 Å². The van der Waals surface area contributed by atoms with E-state index in [2.05, 4.69) is 86.8 Å². The fourth-order valence-electron chi connectivity index (χ4n) is 6.79. The molecule has 0 spiro atoms. The summed E-state index contributed by atoms with van der Waals surface area (Å²) in [7, 11) is 0. The summed E-state index contributed by atoms with van der Waals surface area (Å²) in [5.74, 6) is 0. The number of rotatable bonds is 2. The van der Waals surface area contributed by atoms with Gasteiger partial charge in [-0.3, -0.25) is 0 Å². The van der Waals surface area contributed by atoms with Gasteiger partial charge in [0.15, 0.2) is 5.69 Å². The highest BCUT2D eigenvalue weighted by Crippen LogP contribution is 2.40. The lowest BCUT2D eigenvalue weighted by Crippen LogP contribution is -1.98. The normalized spacial score (nSPS) is 11.5. The van der Waals surface area contributed by atoms with Crippen molar-refractivity contribution in [2.24, 2.45) is 0 Å². The third kappa shape index (κ3) is 3.47. The van der Waals surface area contributed by atoms with Gasteiger partial charge >= 0.3 is 0 Å². The van der Waals surface area contributed by atoms with Gasteiger partial charge in [-0.1, -0.05) is 30.3 Å². The standard InChI is InChI=1S/C39H19N5O/c1-42-25-11-14-38-32(17-25)33-19-37-31(20-39(33)45-38)28-7-2-3-8-34(28)44(37)27-6-4-5-26(18-27)43-35-12-9-23(21-40)15-29(35)30-16-24(22-41)10-13-36(30)43/h2-20H. The number of nitrogens with zero attached hydrogens (tertiary/aromatic N) is 5. The first-order valence-corrected chi connectivity index (χ1v) is 14.4. The Labute approximate surface area is 256 Å². The SMILES string of the molecule is [C-]#[N+]c1ccc2oc3cc4c5ccccc5n(-c5cccc(-n6c7ccc(C#N)cc7c7cc(C#N)ccc76)c5)c4cc3c2c1. The van der Waals surface area contributed by atoms with E-state index in [1.54, 1.807) is 6.07 Å². The van der Waals surface area contributed by atoms with Gasteiger partial charge in [-0.05, 0) is 84.9 Å². The van der Waals surface area contributed by atoms with Crippen LogP contribution >= 0.6 is 0 Å². The molecule has 0 bridgehead atoms. The highest BCUT2D eigenvalue weighted by atomic mass is 16.3. The summed E-state index contributed by atoms with van der Waals surface area (Å²) in [5.41, 5.74) is 9.25. The van der Waals surface area contributed by atoms with Crippen LogP contribution < -0.4 is 0 Å². The minimum Gasteiger partial charge on any atom is -0.456 e. The minimum absolute atomic E-state index is 0.574. The van der Waals surface area contributed by atoms with Gasteiger partial charge < -0.3 is 13.6 Å². The van der Waals surface area contributed by atoms with Crippen molar-refractivity contribution in [3.05, 3.63) is 138 Å². The van der Waals surface area contributed by atoms with Crippen LogP contribution in [0.1, 0.15) is 11.1 Å². The molecule has 0 amide bonds. The van der Waals surface area contributed by atoms with Crippen LogP contribution in [0.5, 0.6) is 0 Å². The quantitative estimate of drug-likeness (QED) is 0.193. The highest BCUT2D eigenvalue weighted by Gasteiger charge is 2.18. The van der Waals surface area contributed by atoms with Gasteiger partial charge in [0.1, 0.15) is 11.2 Å². The Bertz CT molecular complexity index is 2790. The van der Waals surface area contributed by atoms with Crippen LogP contribution in [0.4, 0.5) is 5.69 Å². The van der Waals surface area contributed by atoms with E-state index in [-0.39, 0.29) is 0 Å². The zero-order chi connectivity index (χ0) is 30.2. The first-order chi connectivity index (χ1) is 22.1. The van der Waals surface area contributed by atoms with Crippen molar-refractivity contribution < 1.29 is 4.42 Å². The molecule has 3 heterocycles. The topological polar surface area (TPSA) is 74.9 Å². The maximum Gasteiger partial charge on any atom is 0.188 e. The molecule has 0 unspecified atom stereocenters. The summed E-state index contributed by atoms with van der Waals surface area (Å²) in [4.78, 5) is 3.63. The van der Waals surface area contributed by atoms with Gasteiger partial charge in [0.05, 0.1) is 51.9 Å². The molecule has 9 aromatic rings. The monoisotopic (exact) mass is 573 g/mol. The molecular weight excluding hydrogens is 554 g/mol. The predicted octanol–water partition coefficient (Wildman–Crippen LogP) is 10.1. The summed E-state index contributed by atoms with van der Waals surface area (Å²) in [6, 6.07) is 42.5. The fraction of sp³-hybridized carbons (Fsp3) is 0. The molecule has 6 nitrogen and oxygen atoms in total. The summed E-state index contributed by atoms with van der Waals surface area (Å²) >= 11 is 0. The van der Waals surface area contributed by atoms with Gasteiger partial charge in [-0.2, -0.15) is 10.5 Å². The lowest BCUT2D eigenvalue weighted by molar-refractivity contribution is 0.669. The molecule has 0 aliphatic heterocycles. The molecule has 0 fully saturated rings. The second kappa shape index (κ2) is 9.09. The number of furan rings is 1. The predicted molar refractivity (Wildman–Crippen MR) is 178 cm³/mol. The zero-order valence-electron chi connectivity index (χ0n) is 23.6. The summed E-state index contributed by atoms with van der Waals surface area (Å²) in [6.45, 7) is 7.51. The second-order valence-electron chi connectivity index (χ2n) is 11.2. The maximum absolute atomic E-state index is 9.61. The maximum atomic E-state index is 9.61. The van der Waals surface area contributed by atoms with Crippen molar-refractivity contribution in [2.45, 2.75) is 0 Å². The molecule has 0 aliphatic carbocycles. The third-order valence-corrected chi connectivity index (χ3v) is 8.75. The van der Waals surface area contributed by atoms with Crippen LogP contribution in [0.3, 0.4) is 0 Å². The Balaban J connectivity index is 1.34. The molecule has 9 rings (SSSR count). The molecule has 45 heavy (non-hydrogen) atoms. The Morgan fingerprint density at radius 2 is 1.13 bits per heavy atom. The molecular formula is C39H19N5O. The number of para-hydroxylation sites is 1. The number of hydrogen-bond donors (Lipinski definition) is 0. The lowest BCUT2D eigenvalue weighted by Gasteiger charge is -2.13. The number of benzene rings is 6. The number of hydrogen-bond acceptors (Lipinski definition) is 3. The Morgan fingerprint density at radius 1 is 0.511 bits per heavy atom. The van der Waals surface area contributed by atoms with Crippen molar-refractivity contribution in [1.82, 2.24) is 9.13 Å². The van der Waals surface area contributed by atoms with Crippen molar-refractivity contribution in [1.29, 1.82) is 10.5 Å². The van der Waals surface area contributed by atoms with Crippen molar-refractivity contribution in [2.75, 3.05) is 0 Å². The minimum atomic E-state index is 0.574. The van der Waals surface area contributed by atoms with Crippen molar-refractivity contribution >= 4 is 71.2 Å². The molecule has 6 aromatic carbocycles. The van der Waals surface area contributed by atoms with Gasteiger partial charge in [0, 0.05) is 43.7 Å². The molecule has 0 saturated carbocycles. The van der Waals surface area contributed by atoms with Gasteiger partial charge in [-0.25, -0.2) is 4.85 Å². The number of nitriles is 2. The lowest BCUT2D eigenvalue weighted by atomic mass is 10.1. The molecule has 0 saturated heterocycles. The van der Waals surface area contributed by atoms with E-state index in [9.17, 15) is 10.5 Å². The second-order valence-corrected chi connectivity index (χ2v) is 11.2. The molecule has 0 N–H and O–H groups in total. The Kier molecular flexibility index (Phi) is 5.00. The smallest absolute Gasteiger partial charge is 0.188 e. The van der Waals surface area contributed by atoms with Gasteiger partial charge in [0.25, 0.3) is 0 Å². The van der Waals surface area contributed by atoms with E-state index in [1.165, 1.54) is 0 Å². The van der Waals surface area contributed by atoms with Crippen LogP contribution in [-0.2, 0) is 0 Å².